The third-order valence-corrected chi connectivity index (χ3v) is 6.08. The zero-order chi connectivity index (χ0) is 18.8. The monoisotopic (exact) mass is 493 g/mol. The van der Waals surface area contributed by atoms with Crippen LogP contribution in [0.2, 0.25) is 0 Å². The van der Waals surface area contributed by atoms with Crippen molar-refractivity contribution in [2.24, 2.45) is 10.9 Å². The minimum absolute atomic E-state index is 0. The number of rotatable bonds is 4. The van der Waals surface area contributed by atoms with Crippen molar-refractivity contribution in [2.75, 3.05) is 26.2 Å². The summed E-state index contributed by atoms with van der Waals surface area (Å²) >= 11 is 0. The molecule has 3 aliphatic rings. The Bertz CT molecular complexity index is 586. The van der Waals surface area contributed by atoms with Gasteiger partial charge in [-0.2, -0.15) is 0 Å². The van der Waals surface area contributed by atoms with E-state index in [9.17, 15) is 14.7 Å². The molecule has 3 rings (SSSR count). The Morgan fingerprint density at radius 2 is 1.93 bits per heavy atom. The van der Waals surface area contributed by atoms with Crippen molar-refractivity contribution in [3.8, 4) is 0 Å². The molecule has 1 aliphatic carbocycles. The number of aliphatic hydroxyl groups is 1. The molecule has 0 aromatic heterocycles. The van der Waals surface area contributed by atoms with Crippen molar-refractivity contribution in [2.45, 2.75) is 63.5 Å². The highest BCUT2D eigenvalue weighted by Crippen LogP contribution is 2.31. The highest BCUT2D eigenvalue weighted by atomic mass is 127. The average molecular weight is 493 g/mol. The molecule has 4 N–H and O–H groups in total. The van der Waals surface area contributed by atoms with Crippen molar-refractivity contribution in [3.05, 3.63) is 0 Å². The molecule has 1 unspecified atom stereocenters. The summed E-state index contributed by atoms with van der Waals surface area (Å²) in [7, 11) is 0. The molecule has 154 valence electrons. The summed E-state index contributed by atoms with van der Waals surface area (Å²) in [6, 6.07) is -0.403. The second-order valence-electron chi connectivity index (χ2n) is 7.97. The molecule has 0 radical (unpaired) electrons. The molecule has 3 fully saturated rings. The van der Waals surface area contributed by atoms with Gasteiger partial charge in [-0.05, 0) is 45.4 Å². The van der Waals surface area contributed by atoms with Gasteiger partial charge in [0.2, 0.25) is 0 Å². The fourth-order valence-electron chi connectivity index (χ4n) is 4.35. The van der Waals surface area contributed by atoms with Gasteiger partial charge in [0.15, 0.2) is 5.96 Å². The van der Waals surface area contributed by atoms with Crippen LogP contribution in [0, 0.1) is 5.92 Å². The second kappa shape index (κ2) is 8.93. The van der Waals surface area contributed by atoms with E-state index in [1.165, 1.54) is 0 Å². The molecule has 1 atom stereocenters. The highest BCUT2D eigenvalue weighted by Gasteiger charge is 2.48. The molecular formula is C18H32IN5O3. The Kier molecular flexibility index (Phi) is 7.34. The summed E-state index contributed by atoms with van der Waals surface area (Å²) in [5.41, 5.74) is -1.48. The van der Waals surface area contributed by atoms with Crippen LogP contribution in [0.15, 0.2) is 4.99 Å². The summed E-state index contributed by atoms with van der Waals surface area (Å²) in [6.07, 6.45) is 5.40. The minimum atomic E-state index is -0.822. The van der Waals surface area contributed by atoms with Crippen LogP contribution in [0.5, 0.6) is 0 Å². The van der Waals surface area contributed by atoms with E-state index in [1.54, 1.807) is 0 Å². The Labute approximate surface area is 177 Å². The molecule has 2 aliphatic heterocycles. The summed E-state index contributed by atoms with van der Waals surface area (Å²) in [5.74, 6) is 0.702. The Hall–Kier alpha value is -1.10. The number of aliphatic imine (C=N–C) groups is 1. The molecule has 0 bridgehead atoms. The van der Waals surface area contributed by atoms with Gasteiger partial charge in [0.1, 0.15) is 5.54 Å². The zero-order valence-electron chi connectivity index (χ0n) is 16.2. The molecule has 27 heavy (non-hydrogen) atoms. The number of halogens is 1. The largest absolute Gasteiger partial charge is 0.388 e. The molecule has 0 spiro atoms. The third-order valence-electron chi connectivity index (χ3n) is 6.08. The first kappa shape index (κ1) is 22.2. The van der Waals surface area contributed by atoms with Crippen LogP contribution in [0.4, 0.5) is 4.79 Å². The van der Waals surface area contributed by atoms with Gasteiger partial charge in [0, 0.05) is 19.6 Å². The number of carbonyl (C=O) groups excluding carboxylic acids is 2. The SMILES string of the molecule is CCNC(=NCC1(O)CCCC1)N1CCC(C2(C)NC(=O)NC2=O)CC1.I. The fourth-order valence-corrected chi connectivity index (χ4v) is 4.35. The lowest BCUT2D eigenvalue weighted by atomic mass is 9.79. The fraction of sp³-hybridized carbons (Fsp3) is 0.833. The molecule has 9 heteroatoms. The zero-order valence-corrected chi connectivity index (χ0v) is 18.5. The van der Waals surface area contributed by atoms with Crippen LogP contribution in [-0.4, -0.2) is 65.2 Å². The first-order valence-electron chi connectivity index (χ1n) is 9.75. The first-order valence-corrected chi connectivity index (χ1v) is 9.75. The van der Waals surface area contributed by atoms with E-state index in [-0.39, 0.29) is 35.8 Å². The molecule has 2 saturated heterocycles. The van der Waals surface area contributed by atoms with E-state index in [4.69, 9.17) is 4.99 Å². The van der Waals surface area contributed by atoms with Crippen LogP contribution in [0.25, 0.3) is 0 Å². The quantitative estimate of drug-likeness (QED) is 0.204. The van der Waals surface area contributed by atoms with Gasteiger partial charge in [0.05, 0.1) is 12.1 Å². The van der Waals surface area contributed by atoms with E-state index < -0.39 is 17.2 Å². The highest BCUT2D eigenvalue weighted by molar-refractivity contribution is 14.0. The van der Waals surface area contributed by atoms with E-state index in [1.807, 2.05) is 13.8 Å². The van der Waals surface area contributed by atoms with Crippen molar-refractivity contribution < 1.29 is 14.7 Å². The molecule has 1 saturated carbocycles. The molecule has 2 heterocycles. The van der Waals surface area contributed by atoms with Gasteiger partial charge in [-0.15, -0.1) is 24.0 Å². The van der Waals surface area contributed by atoms with Crippen molar-refractivity contribution in [1.82, 2.24) is 20.9 Å². The predicted octanol–water partition coefficient (Wildman–Crippen LogP) is 1.19. The maximum atomic E-state index is 12.1. The number of nitrogens with one attached hydrogen (secondary N) is 3. The number of urea groups is 1. The van der Waals surface area contributed by atoms with E-state index in [0.29, 0.717) is 6.54 Å². The van der Waals surface area contributed by atoms with Crippen LogP contribution >= 0.6 is 24.0 Å². The number of guanidine groups is 1. The standard InChI is InChI=1S/C18H31N5O3.HI/c1-3-19-15(20-12-18(26)8-4-5-9-18)23-10-6-13(7-11-23)17(2)14(24)21-16(25)22-17;/h13,26H,3-12H2,1-2H3,(H,19,20)(H2,21,22,24,25);1H. The number of hydrogen-bond donors (Lipinski definition) is 4. The molecule has 0 aromatic rings. The number of amides is 3. The number of carbonyl (C=O) groups is 2. The van der Waals surface area contributed by atoms with Crippen LogP contribution in [0.3, 0.4) is 0 Å². The molecular weight excluding hydrogens is 461 g/mol. The predicted molar refractivity (Wildman–Crippen MR) is 114 cm³/mol. The van der Waals surface area contributed by atoms with Crippen LogP contribution in [0.1, 0.15) is 52.4 Å². The number of nitrogens with zero attached hydrogens (tertiary/aromatic N) is 2. The summed E-state index contributed by atoms with van der Waals surface area (Å²) in [5, 5.41) is 19.0. The maximum Gasteiger partial charge on any atom is 0.322 e. The van der Waals surface area contributed by atoms with Gasteiger partial charge in [-0.25, -0.2) is 4.79 Å². The smallest absolute Gasteiger partial charge is 0.322 e. The van der Waals surface area contributed by atoms with Crippen molar-refractivity contribution in [3.63, 3.8) is 0 Å². The normalized spacial score (nSPS) is 28.6. The number of likely N-dealkylation sites (tertiary alicyclic amines) is 1. The minimum Gasteiger partial charge on any atom is -0.388 e. The van der Waals surface area contributed by atoms with E-state index in [2.05, 4.69) is 20.9 Å². The van der Waals surface area contributed by atoms with Gasteiger partial charge >= 0.3 is 6.03 Å². The first-order chi connectivity index (χ1) is 12.4. The van der Waals surface area contributed by atoms with E-state index >= 15 is 0 Å². The number of imide groups is 1. The van der Waals surface area contributed by atoms with Crippen LogP contribution < -0.4 is 16.0 Å². The Morgan fingerprint density at radius 3 is 2.44 bits per heavy atom. The van der Waals surface area contributed by atoms with E-state index in [0.717, 1.165) is 64.1 Å². The van der Waals surface area contributed by atoms with Crippen molar-refractivity contribution in [1.29, 1.82) is 0 Å². The maximum absolute atomic E-state index is 12.1. The summed E-state index contributed by atoms with van der Waals surface area (Å²) < 4.78 is 0. The van der Waals surface area contributed by atoms with Gasteiger partial charge in [-0.3, -0.25) is 15.1 Å². The second-order valence-corrected chi connectivity index (χ2v) is 7.97. The third kappa shape index (κ3) is 4.85. The number of piperidine rings is 1. The van der Waals surface area contributed by atoms with Gasteiger partial charge in [-0.1, -0.05) is 12.8 Å². The Morgan fingerprint density at radius 1 is 1.30 bits per heavy atom. The molecule has 0 aromatic carbocycles. The Balaban J connectivity index is 0.00000261. The van der Waals surface area contributed by atoms with Crippen molar-refractivity contribution >= 4 is 41.9 Å². The average Bonchev–Trinajstić information content (AvgIpc) is 3.16. The lowest BCUT2D eigenvalue weighted by molar-refractivity contribution is -0.125. The summed E-state index contributed by atoms with van der Waals surface area (Å²) in [6.45, 7) is 6.59. The van der Waals surface area contributed by atoms with Gasteiger partial charge < -0.3 is 20.6 Å². The molecule has 8 nitrogen and oxygen atoms in total. The lowest BCUT2D eigenvalue weighted by Crippen LogP contribution is -2.55. The van der Waals surface area contributed by atoms with Gasteiger partial charge in [0.25, 0.3) is 5.91 Å². The molecule has 3 amide bonds. The lowest BCUT2D eigenvalue weighted by Gasteiger charge is -2.40. The van der Waals surface area contributed by atoms with Crippen LogP contribution in [-0.2, 0) is 4.79 Å². The number of hydrogen-bond acceptors (Lipinski definition) is 4. The topological polar surface area (TPSA) is 106 Å². The summed E-state index contributed by atoms with van der Waals surface area (Å²) in [4.78, 5) is 30.5.